The third-order valence-electron chi connectivity index (χ3n) is 5.03. The van der Waals surface area contributed by atoms with Crippen LogP contribution in [0.4, 0.5) is 18.9 Å². The Kier molecular flexibility index (Phi) is 4.72. The molecule has 1 saturated heterocycles. The first-order valence-electron chi connectivity index (χ1n) is 8.81. The average Bonchev–Trinajstić information content (AvgIpc) is 3.05. The molecule has 8 heteroatoms. The highest BCUT2D eigenvalue weighted by atomic mass is 35.5. The summed E-state index contributed by atoms with van der Waals surface area (Å²) in [5.41, 5.74) is 2.40. The Hall–Kier alpha value is -2.28. The molecule has 3 heterocycles. The number of aromatic nitrogens is 3. The van der Waals surface area contributed by atoms with Gasteiger partial charge in [0.05, 0.1) is 5.69 Å². The fourth-order valence-corrected chi connectivity index (χ4v) is 4.00. The van der Waals surface area contributed by atoms with Gasteiger partial charge in [-0.15, -0.1) is 10.2 Å². The number of piperidine rings is 1. The second kappa shape index (κ2) is 7.03. The molecule has 0 spiro atoms. The molecule has 1 fully saturated rings. The van der Waals surface area contributed by atoms with Gasteiger partial charge < -0.3 is 4.90 Å². The van der Waals surface area contributed by atoms with E-state index in [1.54, 1.807) is 12.3 Å². The molecular weight excluding hydrogens is 377 g/mol. The van der Waals surface area contributed by atoms with Crippen LogP contribution in [0.1, 0.15) is 30.1 Å². The SMILES string of the molecule is FC(F)(F)Cc1nnc2c(Cl)c(N3CCC(c4ccccc4)CC3)ccn12. The Bertz CT molecular complexity index is 931. The topological polar surface area (TPSA) is 33.4 Å². The van der Waals surface area contributed by atoms with Crippen LogP contribution < -0.4 is 4.90 Å². The van der Waals surface area contributed by atoms with E-state index >= 15 is 0 Å². The number of pyridine rings is 1. The first kappa shape index (κ1) is 18.1. The fourth-order valence-electron chi connectivity index (χ4n) is 3.69. The Morgan fingerprint density at radius 2 is 1.74 bits per heavy atom. The minimum Gasteiger partial charge on any atom is -0.370 e. The van der Waals surface area contributed by atoms with Crippen molar-refractivity contribution in [3.05, 3.63) is 59.0 Å². The largest absolute Gasteiger partial charge is 0.396 e. The fraction of sp³-hybridized carbons (Fsp3) is 0.368. The standard InChI is InChI=1S/C19H18ClF3N4/c20-17-15(8-11-27-16(12-19(21,22)23)24-25-18(17)27)26-9-6-14(7-10-26)13-4-2-1-3-5-13/h1-5,8,11,14H,6-7,9-10,12H2. The summed E-state index contributed by atoms with van der Waals surface area (Å²) in [7, 11) is 0. The molecule has 4 nitrogen and oxygen atoms in total. The number of rotatable bonds is 3. The summed E-state index contributed by atoms with van der Waals surface area (Å²) in [5.74, 6) is 0.352. The second-order valence-electron chi connectivity index (χ2n) is 6.79. The van der Waals surface area contributed by atoms with E-state index in [0.717, 1.165) is 31.6 Å². The lowest BCUT2D eigenvalue weighted by Gasteiger charge is -2.34. The van der Waals surface area contributed by atoms with Crippen molar-refractivity contribution >= 4 is 22.9 Å². The number of halogens is 4. The van der Waals surface area contributed by atoms with E-state index in [-0.39, 0.29) is 11.5 Å². The number of hydrogen-bond acceptors (Lipinski definition) is 3. The first-order valence-corrected chi connectivity index (χ1v) is 9.19. The van der Waals surface area contributed by atoms with Crippen LogP contribution in [0.3, 0.4) is 0 Å². The summed E-state index contributed by atoms with van der Waals surface area (Å²) in [5, 5.41) is 7.89. The number of hydrogen-bond donors (Lipinski definition) is 0. The van der Waals surface area contributed by atoms with Crippen LogP contribution in [0.25, 0.3) is 5.65 Å². The molecule has 1 aliphatic heterocycles. The zero-order valence-corrected chi connectivity index (χ0v) is 15.2. The highest BCUT2D eigenvalue weighted by molar-refractivity contribution is 6.36. The van der Waals surface area contributed by atoms with Gasteiger partial charge in [-0.25, -0.2) is 0 Å². The molecule has 142 valence electrons. The first-order chi connectivity index (χ1) is 12.9. The minimum absolute atomic E-state index is 0.159. The summed E-state index contributed by atoms with van der Waals surface area (Å²) in [4.78, 5) is 2.17. The van der Waals surface area contributed by atoms with Crippen molar-refractivity contribution in [3.8, 4) is 0 Å². The van der Waals surface area contributed by atoms with Gasteiger partial charge in [0.2, 0.25) is 0 Å². The molecule has 1 aliphatic rings. The van der Waals surface area contributed by atoms with Crippen molar-refractivity contribution in [1.82, 2.24) is 14.6 Å². The van der Waals surface area contributed by atoms with Crippen LogP contribution in [-0.4, -0.2) is 33.9 Å². The predicted molar refractivity (Wildman–Crippen MR) is 98.4 cm³/mol. The summed E-state index contributed by atoms with van der Waals surface area (Å²) in [6.45, 7) is 1.66. The Labute approximate surface area is 159 Å². The summed E-state index contributed by atoms with van der Waals surface area (Å²) in [6, 6.07) is 12.2. The molecule has 0 N–H and O–H groups in total. The molecule has 0 radical (unpaired) electrons. The van der Waals surface area contributed by atoms with Crippen molar-refractivity contribution in [2.24, 2.45) is 0 Å². The highest BCUT2D eigenvalue weighted by Crippen LogP contribution is 2.35. The van der Waals surface area contributed by atoms with Gasteiger partial charge >= 0.3 is 6.18 Å². The van der Waals surface area contributed by atoms with Crippen molar-refractivity contribution in [2.45, 2.75) is 31.4 Å². The zero-order chi connectivity index (χ0) is 19.0. The Morgan fingerprint density at radius 3 is 2.41 bits per heavy atom. The number of anilines is 1. The molecule has 0 unspecified atom stereocenters. The molecule has 3 aromatic rings. The lowest BCUT2D eigenvalue weighted by Crippen LogP contribution is -2.33. The predicted octanol–water partition coefficient (Wildman–Crippen LogP) is 4.87. The number of nitrogens with zero attached hydrogens (tertiary/aromatic N) is 4. The van der Waals surface area contributed by atoms with Gasteiger partial charge in [-0.2, -0.15) is 13.2 Å². The number of benzene rings is 1. The summed E-state index contributed by atoms with van der Waals surface area (Å²) in [6.07, 6.45) is -1.91. The summed E-state index contributed by atoms with van der Waals surface area (Å²) < 4.78 is 39.3. The van der Waals surface area contributed by atoms with Crippen LogP contribution in [0.5, 0.6) is 0 Å². The molecule has 0 atom stereocenters. The van der Waals surface area contributed by atoms with Crippen molar-refractivity contribution in [3.63, 3.8) is 0 Å². The van der Waals surface area contributed by atoms with Gasteiger partial charge in [0.25, 0.3) is 0 Å². The van der Waals surface area contributed by atoms with E-state index in [0.29, 0.717) is 10.9 Å². The second-order valence-corrected chi connectivity index (χ2v) is 7.17. The van der Waals surface area contributed by atoms with Gasteiger partial charge in [0.15, 0.2) is 5.65 Å². The number of fused-ring (bicyclic) bond motifs is 1. The lowest BCUT2D eigenvalue weighted by atomic mass is 9.89. The lowest BCUT2D eigenvalue weighted by molar-refractivity contribution is -0.128. The van der Waals surface area contributed by atoms with Crippen LogP contribution in [0.15, 0.2) is 42.6 Å². The van der Waals surface area contributed by atoms with Crippen molar-refractivity contribution < 1.29 is 13.2 Å². The van der Waals surface area contributed by atoms with Crippen LogP contribution in [-0.2, 0) is 6.42 Å². The maximum absolute atomic E-state index is 12.7. The van der Waals surface area contributed by atoms with Crippen LogP contribution in [0.2, 0.25) is 5.02 Å². The van der Waals surface area contributed by atoms with Crippen LogP contribution in [0, 0.1) is 0 Å². The van der Waals surface area contributed by atoms with E-state index in [4.69, 9.17) is 11.6 Å². The third kappa shape index (κ3) is 3.74. The zero-order valence-electron chi connectivity index (χ0n) is 14.5. The third-order valence-corrected chi connectivity index (χ3v) is 5.40. The minimum atomic E-state index is -4.34. The van der Waals surface area contributed by atoms with Crippen molar-refractivity contribution in [1.29, 1.82) is 0 Å². The van der Waals surface area contributed by atoms with E-state index < -0.39 is 12.6 Å². The Balaban J connectivity index is 1.54. The van der Waals surface area contributed by atoms with E-state index in [2.05, 4.69) is 39.4 Å². The molecule has 0 bridgehead atoms. The van der Waals surface area contributed by atoms with Gasteiger partial charge in [-0.1, -0.05) is 41.9 Å². The average molecular weight is 395 g/mol. The van der Waals surface area contributed by atoms with Gasteiger partial charge in [0.1, 0.15) is 17.3 Å². The maximum Gasteiger partial charge on any atom is 0.396 e. The van der Waals surface area contributed by atoms with Gasteiger partial charge in [-0.05, 0) is 30.4 Å². The van der Waals surface area contributed by atoms with Crippen molar-refractivity contribution in [2.75, 3.05) is 18.0 Å². The Morgan fingerprint density at radius 1 is 1.04 bits per heavy atom. The normalized spacial score (nSPS) is 16.2. The quantitative estimate of drug-likeness (QED) is 0.635. The van der Waals surface area contributed by atoms with Gasteiger partial charge in [0, 0.05) is 19.3 Å². The smallest absolute Gasteiger partial charge is 0.370 e. The molecule has 1 aromatic carbocycles. The van der Waals surface area contributed by atoms with E-state index in [9.17, 15) is 13.2 Å². The molecule has 2 aromatic heterocycles. The molecule has 0 saturated carbocycles. The van der Waals surface area contributed by atoms with E-state index in [1.807, 2.05) is 6.07 Å². The summed E-state index contributed by atoms with van der Waals surface area (Å²) >= 11 is 6.47. The molecule has 4 rings (SSSR count). The molecule has 0 amide bonds. The van der Waals surface area contributed by atoms with E-state index in [1.165, 1.54) is 9.96 Å². The maximum atomic E-state index is 12.7. The molecule has 27 heavy (non-hydrogen) atoms. The van der Waals surface area contributed by atoms with Gasteiger partial charge in [-0.3, -0.25) is 4.40 Å². The highest BCUT2D eigenvalue weighted by Gasteiger charge is 2.31. The van der Waals surface area contributed by atoms with Crippen LogP contribution >= 0.6 is 11.6 Å². The molecular formula is C19H18ClF3N4. The molecule has 0 aliphatic carbocycles. The number of alkyl halides is 3. The monoisotopic (exact) mass is 394 g/mol.